The predicted molar refractivity (Wildman–Crippen MR) is 97.2 cm³/mol. The molecule has 0 amide bonds. The highest BCUT2D eigenvalue weighted by Crippen LogP contribution is 2.35. The van der Waals surface area contributed by atoms with E-state index in [1.54, 1.807) is 19.9 Å². The Morgan fingerprint density at radius 2 is 1.89 bits per heavy atom. The number of halogens is 4. The van der Waals surface area contributed by atoms with Crippen molar-refractivity contribution in [3.05, 3.63) is 62.6 Å². The lowest BCUT2D eigenvalue weighted by Crippen LogP contribution is -2.12. The number of benzene rings is 1. The predicted octanol–water partition coefficient (Wildman–Crippen LogP) is 5.09. The zero-order chi connectivity index (χ0) is 20.6. The molecule has 1 aromatic carbocycles. The monoisotopic (exact) mass is 411 g/mol. The Kier molecular flexibility index (Phi) is 5.07. The average Bonchev–Trinajstić information content (AvgIpc) is 2.62. The minimum absolute atomic E-state index is 0.0807. The summed E-state index contributed by atoms with van der Waals surface area (Å²) >= 11 is 5.94. The summed E-state index contributed by atoms with van der Waals surface area (Å²) in [4.78, 5) is 14.2. The van der Waals surface area contributed by atoms with E-state index in [0.29, 0.717) is 22.5 Å². The van der Waals surface area contributed by atoms with E-state index in [0.717, 1.165) is 12.1 Å². The van der Waals surface area contributed by atoms with E-state index >= 15 is 0 Å². The van der Waals surface area contributed by atoms with Crippen LogP contribution in [0.15, 0.2) is 30.5 Å². The second-order valence-corrected chi connectivity index (χ2v) is 6.51. The van der Waals surface area contributed by atoms with E-state index in [-0.39, 0.29) is 16.5 Å². The zero-order valence-electron chi connectivity index (χ0n) is 14.6. The molecule has 11 heteroatoms. The summed E-state index contributed by atoms with van der Waals surface area (Å²) in [6, 6.07) is 3.28. The summed E-state index contributed by atoms with van der Waals surface area (Å²) < 4.78 is 39.3. The quantitative estimate of drug-likeness (QED) is 0.365. The van der Waals surface area contributed by atoms with Crippen LogP contribution in [0.2, 0.25) is 5.15 Å². The number of rotatable bonds is 4. The number of nitro groups is 1. The molecule has 0 bridgehead atoms. The zero-order valence-corrected chi connectivity index (χ0v) is 15.3. The smallest absolute Gasteiger partial charge is 0.362 e. The lowest BCUT2D eigenvalue weighted by molar-refractivity contribution is -0.385. The van der Waals surface area contributed by atoms with Gasteiger partial charge >= 0.3 is 6.18 Å². The molecule has 0 aliphatic carbocycles. The summed E-state index contributed by atoms with van der Waals surface area (Å²) in [6.07, 6.45) is -3.19. The van der Waals surface area contributed by atoms with Crippen molar-refractivity contribution in [2.75, 3.05) is 5.32 Å². The number of alkyl halides is 3. The molecule has 3 aromatic rings. The standard InChI is InChI=1S/C17H13ClF3N5O2/c1-8(10-3-11(17(19,20)21)5-12(4-10)26(27)28)23-16-13-6-15(18)22-7-14(13)9(2)24-25-16/h3-8H,1-2H3,(H,23,25)/t8-/m1/s1. The van der Waals surface area contributed by atoms with Gasteiger partial charge < -0.3 is 5.32 Å². The fourth-order valence-electron chi connectivity index (χ4n) is 2.70. The lowest BCUT2D eigenvalue weighted by atomic mass is 10.0. The van der Waals surface area contributed by atoms with Crippen LogP contribution in [-0.2, 0) is 6.18 Å². The minimum atomic E-state index is -4.71. The van der Waals surface area contributed by atoms with Crippen LogP contribution in [0.25, 0.3) is 10.8 Å². The van der Waals surface area contributed by atoms with Crippen molar-refractivity contribution in [1.82, 2.24) is 15.2 Å². The molecular formula is C17H13ClF3N5O2. The SMILES string of the molecule is Cc1nnc(N[C@H](C)c2cc([N+](=O)[O-])cc(C(F)(F)F)c2)c2cc(Cl)ncc12. The molecular weight excluding hydrogens is 399 g/mol. The van der Waals surface area contributed by atoms with E-state index < -0.39 is 28.4 Å². The third kappa shape index (κ3) is 3.96. The van der Waals surface area contributed by atoms with Crippen molar-refractivity contribution in [3.8, 4) is 0 Å². The Labute approximate surface area is 161 Å². The van der Waals surface area contributed by atoms with Gasteiger partial charge in [0.05, 0.1) is 22.2 Å². The molecule has 1 N–H and O–H groups in total. The van der Waals surface area contributed by atoms with Gasteiger partial charge in [0.1, 0.15) is 5.15 Å². The summed E-state index contributed by atoms with van der Waals surface area (Å²) in [6.45, 7) is 3.30. The van der Waals surface area contributed by atoms with Crippen LogP contribution in [0.5, 0.6) is 0 Å². The van der Waals surface area contributed by atoms with Gasteiger partial charge in [0.2, 0.25) is 0 Å². The van der Waals surface area contributed by atoms with Gasteiger partial charge in [0.25, 0.3) is 5.69 Å². The highest BCUT2D eigenvalue weighted by atomic mass is 35.5. The number of fused-ring (bicyclic) bond motifs is 1. The number of hydrogen-bond acceptors (Lipinski definition) is 6. The van der Waals surface area contributed by atoms with Crippen LogP contribution in [0.4, 0.5) is 24.7 Å². The van der Waals surface area contributed by atoms with E-state index in [2.05, 4.69) is 20.5 Å². The van der Waals surface area contributed by atoms with Gasteiger partial charge in [-0.15, -0.1) is 5.10 Å². The van der Waals surface area contributed by atoms with Crippen LogP contribution >= 0.6 is 11.6 Å². The topological polar surface area (TPSA) is 93.8 Å². The number of non-ortho nitro benzene ring substituents is 1. The first-order chi connectivity index (χ1) is 13.1. The molecule has 2 heterocycles. The first-order valence-corrected chi connectivity index (χ1v) is 8.35. The Bertz CT molecular complexity index is 1070. The van der Waals surface area contributed by atoms with Gasteiger partial charge in [-0.25, -0.2) is 4.98 Å². The second-order valence-electron chi connectivity index (χ2n) is 6.12. The third-order valence-corrected chi connectivity index (χ3v) is 4.35. The van der Waals surface area contributed by atoms with Crippen molar-refractivity contribution in [3.63, 3.8) is 0 Å². The van der Waals surface area contributed by atoms with Crippen molar-refractivity contribution in [2.45, 2.75) is 26.1 Å². The van der Waals surface area contributed by atoms with Crippen LogP contribution in [-0.4, -0.2) is 20.1 Å². The maximum atomic E-state index is 13.1. The maximum Gasteiger partial charge on any atom is 0.416 e. The molecule has 146 valence electrons. The first kappa shape index (κ1) is 19.7. The maximum absolute atomic E-state index is 13.1. The van der Waals surface area contributed by atoms with Gasteiger partial charge in [0, 0.05) is 29.1 Å². The van der Waals surface area contributed by atoms with Crippen molar-refractivity contribution in [1.29, 1.82) is 0 Å². The average molecular weight is 412 g/mol. The number of pyridine rings is 1. The Hall–Kier alpha value is -3.01. The number of aromatic nitrogens is 3. The van der Waals surface area contributed by atoms with Crippen LogP contribution in [0.1, 0.15) is 29.8 Å². The number of nitrogens with zero attached hydrogens (tertiary/aromatic N) is 4. The van der Waals surface area contributed by atoms with Crippen LogP contribution in [0.3, 0.4) is 0 Å². The summed E-state index contributed by atoms with van der Waals surface area (Å²) in [5.41, 5.74) is -1.06. The molecule has 0 saturated heterocycles. The number of aryl methyl sites for hydroxylation is 1. The minimum Gasteiger partial charge on any atom is -0.362 e. The van der Waals surface area contributed by atoms with Crippen molar-refractivity contribution < 1.29 is 18.1 Å². The molecule has 0 aliphatic heterocycles. The fourth-order valence-corrected chi connectivity index (χ4v) is 2.85. The number of nitro benzene ring substituents is 1. The largest absolute Gasteiger partial charge is 0.416 e. The van der Waals surface area contributed by atoms with Crippen molar-refractivity contribution in [2.24, 2.45) is 0 Å². The lowest BCUT2D eigenvalue weighted by Gasteiger charge is -2.18. The molecule has 0 radical (unpaired) electrons. The highest BCUT2D eigenvalue weighted by molar-refractivity contribution is 6.30. The third-order valence-electron chi connectivity index (χ3n) is 4.15. The normalized spacial score (nSPS) is 12.8. The Morgan fingerprint density at radius 1 is 1.18 bits per heavy atom. The first-order valence-electron chi connectivity index (χ1n) is 7.98. The second kappa shape index (κ2) is 7.19. The van der Waals surface area contributed by atoms with Gasteiger partial charge in [-0.05, 0) is 31.5 Å². The number of hydrogen-bond donors (Lipinski definition) is 1. The molecule has 7 nitrogen and oxygen atoms in total. The van der Waals surface area contributed by atoms with Crippen LogP contribution in [0, 0.1) is 17.0 Å². The Morgan fingerprint density at radius 3 is 2.54 bits per heavy atom. The van der Waals surface area contributed by atoms with E-state index in [1.807, 2.05) is 0 Å². The molecule has 0 fully saturated rings. The van der Waals surface area contributed by atoms with E-state index in [1.165, 1.54) is 6.20 Å². The number of anilines is 1. The molecule has 0 aliphatic rings. The van der Waals surface area contributed by atoms with E-state index in [9.17, 15) is 23.3 Å². The molecule has 3 rings (SSSR count). The molecule has 0 spiro atoms. The van der Waals surface area contributed by atoms with Gasteiger partial charge in [-0.2, -0.15) is 18.3 Å². The molecule has 0 saturated carbocycles. The van der Waals surface area contributed by atoms with Crippen LogP contribution < -0.4 is 5.32 Å². The fraction of sp³-hybridized carbons (Fsp3) is 0.235. The number of nitrogens with one attached hydrogen (secondary N) is 1. The molecule has 1 atom stereocenters. The van der Waals surface area contributed by atoms with Crippen molar-refractivity contribution >= 4 is 33.9 Å². The summed E-state index contributed by atoms with van der Waals surface area (Å²) in [5, 5.41) is 23.5. The van der Waals surface area contributed by atoms with Gasteiger partial charge in [-0.1, -0.05) is 11.6 Å². The molecule has 0 unspecified atom stereocenters. The Balaban J connectivity index is 2.04. The molecule has 2 aromatic heterocycles. The van der Waals surface area contributed by atoms with E-state index in [4.69, 9.17) is 11.6 Å². The van der Waals surface area contributed by atoms with Gasteiger partial charge in [0.15, 0.2) is 5.82 Å². The summed E-state index contributed by atoms with van der Waals surface area (Å²) in [7, 11) is 0. The highest BCUT2D eigenvalue weighted by Gasteiger charge is 2.33. The molecule has 28 heavy (non-hydrogen) atoms. The van der Waals surface area contributed by atoms with Gasteiger partial charge in [-0.3, -0.25) is 10.1 Å². The summed E-state index contributed by atoms with van der Waals surface area (Å²) in [5.74, 6) is 0.275.